The molecule has 1 atom stereocenters. The number of hydrogen-bond donors (Lipinski definition) is 0. The average Bonchev–Trinajstić information content (AvgIpc) is 2.55. The number of hydrogen-bond acceptors (Lipinski definition) is 1. The van der Waals surface area contributed by atoms with E-state index in [1.54, 1.807) is 5.56 Å². The van der Waals surface area contributed by atoms with Crippen molar-refractivity contribution in [2.24, 2.45) is 0 Å². The lowest BCUT2D eigenvalue weighted by Gasteiger charge is -2.24. The highest BCUT2D eigenvalue weighted by atomic mass is 15.1. The van der Waals surface area contributed by atoms with Crippen molar-refractivity contribution in [2.45, 2.75) is 39.0 Å². The van der Waals surface area contributed by atoms with Crippen molar-refractivity contribution in [2.75, 3.05) is 18.0 Å². The van der Waals surface area contributed by atoms with E-state index < -0.39 is 0 Å². The SMILES string of the molecule is C=CCN1CC(C)c2c1cccc2C(C)(C)C. The van der Waals surface area contributed by atoms with Gasteiger partial charge in [0, 0.05) is 24.7 Å². The molecule has 0 fully saturated rings. The van der Waals surface area contributed by atoms with Crippen molar-refractivity contribution in [1.29, 1.82) is 0 Å². The Morgan fingerprint density at radius 3 is 2.71 bits per heavy atom. The molecule has 0 N–H and O–H groups in total. The number of fused-ring (bicyclic) bond motifs is 1. The van der Waals surface area contributed by atoms with E-state index in [1.807, 2.05) is 6.08 Å². The Hall–Kier alpha value is -1.24. The van der Waals surface area contributed by atoms with Crippen LogP contribution in [0.5, 0.6) is 0 Å². The van der Waals surface area contributed by atoms with Crippen LogP contribution in [0.3, 0.4) is 0 Å². The van der Waals surface area contributed by atoms with Crippen LogP contribution in [-0.4, -0.2) is 13.1 Å². The predicted molar refractivity (Wildman–Crippen MR) is 76.0 cm³/mol. The van der Waals surface area contributed by atoms with Gasteiger partial charge in [0.2, 0.25) is 0 Å². The summed E-state index contributed by atoms with van der Waals surface area (Å²) < 4.78 is 0. The van der Waals surface area contributed by atoms with Crippen LogP contribution in [0.15, 0.2) is 30.9 Å². The van der Waals surface area contributed by atoms with Gasteiger partial charge in [-0.1, -0.05) is 45.9 Å². The zero-order valence-electron chi connectivity index (χ0n) is 11.5. The molecule has 1 heteroatoms. The summed E-state index contributed by atoms with van der Waals surface area (Å²) in [4.78, 5) is 2.43. The molecule has 0 radical (unpaired) electrons. The maximum Gasteiger partial charge on any atom is 0.0408 e. The van der Waals surface area contributed by atoms with Crippen LogP contribution in [-0.2, 0) is 5.41 Å². The molecular weight excluding hydrogens is 206 g/mol. The molecule has 0 saturated heterocycles. The van der Waals surface area contributed by atoms with Gasteiger partial charge in [-0.15, -0.1) is 6.58 Å². The monoisotopic (exact) mass is 229 g/mol. The van der Waals surface area contributed by atoms with Gasteiger partial charge in [0.25, 0.3) is 0 Å². The van der Waals surface area contributed by atoms with Crippen molar-refractivity contribution in [3.8, 4) is 0 Å². The molecule has 92 valence electrons. The Kier molecular flexibility index (Phi) is 3.03. The van der Waals surface area contributed by atoms with Gasteiger partial charge < -0.3 is 4.90 Å². The van der Waals surface area contributed by atoms with Gasteiger partial charge in [-0.3, -0.25) is 0 Å². The minimum absolute atomic E-state index is 0.226. The van der Waals surface area contributed by atoms with Crippen molar-refractivity contribution < 1.29 is 0 Å². The second-order valence-electron chi connectivity index (χ2n) is 6.08. The van der Waals surface area contributed by atoms with Crippen LogP contribution in [0.25, 0.3) is 0 Å². The summed E-state index contributed by atoms with van der Waals surface area (Å²) in [6, 6.07) is 6.72. The molecule has 1 aromatic carbocycles. The normalized spacial score (nSPS) is 19.3. The molecule has 1 aliphatic rings. The standard InChI is InChI=1S/C16H23N/c1-6-10-17-11-12(2)15-13(16(3,4)5)8-7-9-14(15)17/h6-9,12H,1,10-11H2,2-5H3. The third kappa shape index (κ3) is 2.11. The summed E-state index contributed by atoms with van der Waals surface area (Å²) in [7, 11) is 0. The summed E-state index contributed by atoms with van der Waals surface area (Å²) in [5.74, 6) is 0.625. The summed E-state index contributed by atoms with van der Waals surface area (Å²) in [5.41, 5.74) is 4.67. The third-order valence-electron chi connectivity index (χ3n) is 3.57. The molecule has 1 nitrogen and oxygen atoms in total. The number of anilines is 1. The highest BCUT2D eigenvalue weighted by molar-refractivity contribution is 5.64. The molecule has 1 aromatic rings. The lowest BCUT2D eigenvalue weighted by atomic mass is 9.81. The van der Waals surface area contributed by atoms with E-state index >= 15 is 0 Å². The van der Waals surface area contributed by atoms with Crippen molar-refractivity contribution >= 4 is 5.69 Å². The van der Waals surface area contributed by atoms with E-state index in [0.29, 0.717) is 5.92 Å². The quantitative estimate of drug-likeness (QED) is 0.690. The fourth-order valence-corrected chi connectivity index (χ4v) is 2.85. The van der Waals surface area contributed by atoms with Crippen molar-refractivity contribution in [1.82, 2.24) is 0 Å². The minimum atomic E-state index is 0.226. The average molecular weight is 229 g/mol. The smallest absolute Gasteiger partial charge is 0.0408 e. The Balaban J connectivity index is 2.52. The molecule has 1 unspecified atom stereocenters. The molecule has 0 bridgehead atoms. The van der Waals surface area contributed by atoms with Gasteiger partial charge in [-0.05, 0) is 22.6 Å². The first-order chi connectivity index (χ1) is 7.95. The van der Waals surface area contributed by atoms with E-state index in [-0.39, 0.29) is 5.41 Å². The molecule has 0 spiro atoms. The van der Waals surface area contributed by atoms with Crippen LogP contribution in [0.4, 0.5) is 5.69 Å². The molecule has 1 aliphatic heterocycles. The molecule has 0 aliphatic carbocycles. The second-order valence-corrected chi connectivity index (χ2v) is 6.08. The fourth-order valence-electron chi connectivity index (χ4n) is 2.85. The van der Waals surface area contributed by atoms with Crippen LogP contribution in [0.2, 0.25) is 0 Å². The summed E-state index contributed by atoms with van der Waals surface area (Å²) in [6.45, 7) is 15.1. The molecule has 2 rings (SSSR count). The van der Waals surface area contributed by atoms with Gasteiger partial charge in [-0.25, -0.2) is 0 Å². The zero-order valence-corrected chi connectivity index (χ0v) is 11.5. The first kappa shape index (κ1) is 12.2. The van der Waals surface area contributed by atoms with Gasteiger partial charge >= 0.3 is 0 Å². The van der Waals surface area contributed by atoms with Gasteiger partial charge in [-0.2, -0.15) is 0 Å². The van der Waals surface area contributed by atoms with E-state index in [0.717, 1.165) is 13.1 Å². The highest BCUT2D eigenvalue weighted by Gasteiger charge is 2.30. The third-order valence-corrected chi connectivity index (χ3v) is 3.57. The zero-order chi connectivity index (χ0) is 12.6. The molecule has 17 heavy (non-hydrogen) atoms. The van der Waals surface area contributed by atoms with E-state index in [9.17, 15) is 0 Å². The van der Waals surface area contributed by atoms with E-state index in [2.05, 4.69) is 57.4 Å². The topological polar surface area (TPSA) is 3.24 Å². The Morgan fingerprint density at radius 2 is 2.12 bits per heavy atom. The molecule has 0 amide bonds. The van der Waals surface area contributed by atoms with Crippen molar-refractivity contribution in [3.63, 3.8) is 0 Å². The lowest BCUT2D eigenvalue weighted by molar-refractivity contribution is 0.579. The van der Waals surface area contributed by atoms with E-state index in [1.165, 1.54) is 11.3 Å². The van der Waals surface area contributed by atoms with Crippen LogP contribution in [0.1, 0.15) is 44.7 Å². The molecule has 1 heterocycles. The largest absolute Gasteiger partial charge is 0.367 e. The number of rotatable bonds is 2. The number of benzene rings is 1. The summed E-state index contributed by atoms with van der Waals surface area (Å²) in [6.07, 6.45) is 1.99. The lowest BCUT2D eigenvalue weighted by Crippen LogP contribution is -2.20. The summed E-state index contributed by atoms with van der Waals surface area (Å²) >= 11 is 0. The van der Waals surface area contributed by atoms with Crippen molar-refractivity contribution in [3.05, 3.63) is 42.0 Å². The minimum Gasteiger partial charge on any atom is -0.367 e. The summed E-state index contributed by atoms with van der Waals surface area (Å²) in [5, 5.41) is 0. The van der Waals surface area contributed by atoms with Crippen LogP contribution < -0.4 is 4.90 Å². The maximum absolute atomic E-state index is 3.85. The maximum atomic E-state index is 3.85. The molecular formula is C16H23N. The predicted octanol–water partition coefficient (Wildman–Crippen LogP) is 4.09. The van der Waals surface area contributed by atoms with Crippen LogP contribution in [0, 0.1) is 0 Å². The van der Waals surface area contributed by atoms with Gasteiger partial charge in [0.1, 0.15) is 0 Å². The van der Waals surface area contributed by atoms with Gasteiger partial charge in [0.15, 0.2) is 0 Å². The Bertz CT molecular complexity index is 426. The highest BCUT2D eigenvalue weighted by Crippen LogP contribution is 2.42. The Morgan fingerprint density at radius 1 is 1.41 bits per heavy atom. The van der Waals surface area contributed by atoms with E-state index in [4.69, 9.17) is 0 Å². The first-order valence-corrected chi connectivity index (χ1v) is 6.44. The molecule has 0 saturated carbocycles. The number of nitrogens with zero attached hydrogens (tertiary/aromatic N) is 1. The second kappa shape index (κ2) is 4.21. The Labute approximate surface area is 105 Å². The first-order valence-electron chi connectivity index (χ1n) is 6.44. The molecule has 0 aromatic heterocycles. The van der Waals surface area contributed by atoms with Crippen LogP contribution >= 0.6 is 0 Å². The fraction of sp³-hybridized carbons (Fsp3) is 0.500. The van der Waals surface area contributed by atoms with Gasteiger partial charge in [0.05, 0.1) is 0 Å².